The number of aliphatic hydroxyl groups excluding tert-OH is 1. The van der Waals surface area contributed by atoms with Gasteiger partial charge in [-0.25, -0.2) is 13.4 Å². The number of nitrogens with one attached hydrogen (secondary N) is 1. The van der Waals surface area contributed by atoms with E-state index in [2.05, 4.69) is 9.97 Å². The van der Waals surface area contributed by atoms with E-state index >= 15 is 0 Å². The first-order chi connectivity index (χ1) is 17.3. The molecule has 0 bridgehead atoms. The van der Waals surface area contributed by atoms with E-state index in [9.17, 15) is 45.8 Å². The summed E-state index contributed by atoms with van der Waals surface area (Å²) in [6.45, 7) is 3.89. The number of nitrogens with zero attached hydrogens (tertiary/aromatic N) is 1. The summed E-state index contributed by atoms with van der Waals surface area (Å²) in [6, 6.07) is 5.95. The number of nitrogens with two attached hydrogens (primary N) is 1. The van der Waals surface area contributed by atoms with Crippen molar-refractivity contribution in [1.82, 2.24) is 9.97 Å². The molecule has 0 aliphatic heterocycles. The highest BCUT2D eigenvalue weighted by atomic mass is 32.2. The number of sulfone groups is 1. The number of amides is 1. The highest BCUT2D eigenvalue weighted by Crippen LogP contribution is 2.46. The van der Waals surface area contributed by atoms with Crippen LogP contribution in [-0.2, 0) is 26.2 Å². The van der Waals surface area contributed by atoms with Crippen LogP contribution in [0.25, 0.3) is 10.9 Å². The van der Waals surface area contributed by atoms with Gasteiger partial charge in [-0.1, -0.05) is 26.8 Å². The molecule has 1 aromatic carbocycles. The molecule has 0 saturated heterocycles. The van der Waals surface area contributed by atoms with Gasteiger partial charge in [-0.3, -0.25) is 9.36 Å². The molecule has 10 nitrogen and oxygen atoms in total. The van der Waals surface area contributed by atoms with E-state index < -0.39 is 69.8 Å². The van der Waals surface area contributed by atoms with Gasteiger partial charge in [-0.2, -0.15) is 13.2 Å². The number of benzene rings is 1. The summed E-state index contributed by atoms with van der Waals surface area (Å²) in [7, 11) is -8.76. The van der Waals surface area contributed by atoms with Crippen molar-refractivity contribution in [2.45, 2.75) is 49.9 Å². The molecule has 0 aliphatic carbocycles. The maximum atomic E-state index is 13.9. The van der Waals surface area contributed by atoms with Crippen LogP contribution in [0.2, 0.25) is 0 Å². The Bertz CT molecular complexity index is 1530. The summed E-state index contributed by atoms with van der Waals surface area (Å²) < 4.78 is 78.3. The van der Waals surface area contributed by atoms with Crippen LogP contribution in [0.4, 0.5) is 13.2 Å². The summed E-state index contributed by atoms with van der Waals surface area (Å²) in [4.78, 5) is 38.8. The number of hydrogen-bond acceptors (Lipinski definition) is 6. The Hall–Kier alpha value is -2.77. The first-order valence-corrected chi connectivity index (χ1v) is 14.5. The fourth-order valence-corrected chi connectivity index (χ4v) is 6.37. The fraction of sp³-hybridized carbons (Fsp3) is 0.391. The smallest absolute Gasteiger partial charge is 0.383 e. The van der Waals surface area contributed by atoms with Crippen molar-refractivity contribution in [3.8, 4) is 0 Å². The Morgan fingerprint density at radius 2 is 1.84 bits per heavy atom. The van der Waals surface area contributed by atoms with Crippen LogP contribution in [-0.4, -0.2) is 57.2 Å². The molecule has 1 amide bonds. The third kappa shape index (κ3) is 5.79. The fourth-order valence-electron chi connectivity index (χ4n) is 4.58. The van der Waals surface area contributed by atoms with E-state index in [1.54, 1.807) is 0 Å². The largest absolute Gasteiger partial charge is 0.414 e. The molecular formula is C23H27F3N3O7PS. The quantitative estimate of drug-likeness (QED) is 0.240. The zero-order chi connectivity index (χ0) is 28.8. The Balaban J connectivity index is 2.22. The van der Waals surface area contributed by atoms with Crippen molar-refractivity contribution in [2.75, 3.05) is 5.75 Å². The normalized spacial score (nSPS) is 15.0. The van der Waals surface area contributed by atoms with Crippen molar-refractivity contribution in [3.05, 3.63) is 53.3 Å². The first kappa shape index (κ1) is 29.8. The lowest BCUT2D eigenvalue weighted by molar-refractivity contribution is -0.225. The minimum Gasteiger partial charge on any atom is -0.383 e. The maximum Gasteiger partial charge on any atom is 0.414 e. The third-order valence-electron chi connectivity index (χ3n) is 6.58. The number of alkyl halides is 3. The number of hydrogen-bond donors (Lipinski definition) is 5. The van der Waals surface area contributed by atoms with E-state index in [1.807, 2.05) is 0 Å². The summed E-state index contributed by atoms with van der Waals surface area (Å²) in [5.74, 6) is -3.11. The molecule has 0 spiro atoms. The zero-order valence-corrected chi connectivity index (χ0v) is 22.2. The van der Waals surface area contributed by atoms with E-state index in [0.717, 1.165) is 18.2 Å². The number of carbonyl (C=O) groups is 1. The van der Waals surface area contributed by atoms with E-state index in [4.69, 9.17) is 5.73 Å². The Labute approximate surface area is 216 Å². The molecule has 0 saturated carbocycles. The summed E-state index contributed by atoms with van der Waals surface area (Å²) >= 11 is 0. The molecule has 2 heterocycles. The van der Waals surface area contributed by atoms with E-state index in [-0.39, 0.29) is 16.5 Å². The first-order valence-electron chi connectivity index (χ1n) is 11.2. The predicted molar refractivity (Wildman–Crippen MR) is 133 cm³/mol. The van der Waals surface area contributed by atoms with Gasteiger partial charge >= 0.3 is 13.8 Å². The summed E-state index contributed by atoms with van der Waals surface area (Å²) in [5, 5.41) is 9.88. The molecule has 15 heteroatoms. The molecule has 3 aromatic rings. The molecule has 1 unspecified atom stereocenters. The van der Waals surface area contributed by atoms with Crippen molar-refractivity contribution in [3.63, 3.8) is 0 Å². The number of halogens is 3. The van der Waals surface area contributed by atoms with Gasteiger partial charge < -0.3 is 25.6 Å². The topological polar surface area (TPSA) is 184 Å². The molecule has 6 N–H and O–H groups in total. The Kier molecular flexibility index (Phi) is 7.90. The SMILES string of the molecule is CCS(=O)(=O)c1cc2cc(CC([C@@H](O)C(F)(F)F)C(C)(C)c3c(C(N)=O)cccc3P(=O)(O)O)[nH]c2cn1. The van der Waals surface area contributed by atoms with Crippen LogP contribution in [0.3, 0.4) is 0 Å². The standard InChI is InChI=1S/C23H27F3N3O7PS/c1-4-38(35,36)18-9-12-8-13(29-16(12)11-28-18)10-15(20(30)23(24,25)26)22(2,3)19-14(21(27)31)6-5-7-17(19)37(32,33)34/h5-9,11,15,20,29-30H,4,10H2,1-3H3,(H2,27,31)(H2,32,33,34)/t15?,20-/m1/s1. The van der Waals surface area contributed by atoms with Crippen molar-refractivity contribution in [1.29, 1.82) is 0 Å². The van der Waals surface area contributed by atoms with Crippen molar-refractivity contribution < 1.29 is 45.8 Å². The number of H-pyrrole nitrogens is 1. The second-order valence-electron chi connectivity index (χ2n) is 9.43. The van der Waals surface area contributed by atoms with Gasteiger partial charge in [-0.05, 0) is 41.7 Å². The molecular weight excluding hydrogens is 550 g/mol. The van der Waals surface area contributed by atoms with Gasteiger partial charge in [0.15, 0.2) is 21.0 Å². The monoisotopic (exact) mass is 577 g/mol. The molecule has 0 fully saturated rings. The lowest BCUT2D eigenvalue weighted by atomic mass is 9.67. The van der Waals surface area contributed by atoms with Gasteiger partial charge in [0.05, 0.1) is 22.8 Å². The predicted octanol–water partition coefficient (Wildman–Crippen LogP) is 2.32. The van der Waals surface area contributed by atoms with Gasteiger partial charge in [0.1, 0.15) is 0 Å². The number of pyridine rings is 1. The van der Waals surface area contributed by atoms with E-state index in [0.29, 0.717) is 10.9 Å². The van der Waals surface area contributed by atoms with Gasteiger partial charge in [0.2, 0.25) is 5.91 Å². The van der Waals surface area contributed by atoms with Crippen LogP contribution in [0.15, 0.2) is 41.6 Å². The molecule has 0 radical (unpaired) electrons. The average Bonchev–Trinajstić information content (AvgIpc) is 3.22. The molecule has 38 heavy (non-hydrogen) atoms. The van der Waals surface area contributed by atoms with Gasteiger partial charge in [0.25, 0.3) is 0 Å². The van der Waals surface area contributed by atoms with Gasteiger partial charge in [-0.15, -0.1) is 0 Å². The highest BCUT2D eigenvalue weighted by Gasteiger charge is 2.51. The molecule has 3 rings (SSSR count). The number of rotatable bonds is 9. The molecule has 208 valence electrons. The number of aromatic nitrogens is 2. The van der Waals surface area contributed by atoms with Crippen LogP contribution in [0, 0.1) is 5.92 Å². The van der Waals surface area contributed by atoms with E-state index in [1.165, 1.54) is 39.1 Å². The average molecular weight is 578 g/mol. The number of carbonyl (C=O) groups excluding carboxylic acids is 1. The number of aromatic amines is 1. The molecule has 0 aliphatic rings. The summed E-state index contributed by atoms with van der Waals surface area (Å²) in [5.41, 5.74) is 3.20. The van der Waals surface area contributed by atoms with Crippen LogP contribution < -0.4 is 11.0 Å². The van der Waals surface area contributed by atoms with Crippen LogP contribution in [0.5, 0.6) is 0 Å². The highest BCUT2D eigenvalue weighted by molar-refractivity contribution is 7.91. The number of primary amides is 1. The minimum absolute atomic E-state index is 0.156. The molecule has 2 atom stereocenters. The van der Waals surface area contributed by atoms with Gasteiger partial charge in [0, 0.05) is 22.6 Å². The Morgan fingerprint density at radius 3 is 2.37 bits per heavy atom. The second-order valence-corrected chi connectivity index (χ2v) is 13.2. The zero-order valence-electron chi connectivity index (χ0n) is 20.5. The molecule has 2 aromatic heterocycles. The minimum atomic E-state index is -5.14. The lowest BCUT2D eigenvalue weighted by Crippen LogP contribution is -2.48. The Morgan fingerprint density at radius 1 is 1.21 bits per heavy atom. The summed E-state index contributed by atoms with van der Waals surface area (Å²) in [6.07, 6.45) is -7.41. The van der Waals surface area contributed by atoms with Crippen LogP contribution in [0.1, 0.15) is 42.4 Å². The second kappa shape index (κ2) is 10.1. The maximum absolute atomic E-state index is 13.9. The lowest BCUT2D eigenvalue weighted by Gasteiger charge is -2.40. The van der Waals surface area contributed by atoms with Crippen molar-refractivity contribution >= 4 is 39.5 Å². The number of aliphatic hydroxyl groups is 1. The third-order valence-corrected chi connectivity index (χ3v) is 9.20. The van der Waals surface area contributed by atoms with Crippen molar-refractivity contribution in [2.24, 2.45) is 11.7 Å². The van der Waals surface area contributed by atoms with Crippen LogP contribution >= 0.6 is 7.60 Å². The number of fused-ring (bicyclic) bond motifs is 1.